The van der Waals surface area contributed by atoms with Crippen LogP contribution in [0.5, 0.6) is 11.5 Å². The van der Waals surface area contributed by atoms with Crippen molar-refractivity contribution >= 4 is 23.5 Å². The van der Waals surface area contributed by atoms with E-state index in [0.29, 0.717) is 13.1 Å². The van der Waals surface area contributed by atoms with Crippen LogP contribution in [-0.4, -0.2) is 34.8 Å². The molecule has 6 nitrogen and oxygen atoms in total. The number of amides is 2. The molecule has 0 spiro atoms. The van der Waals surface area contributed by atoms with Crippen LogP contribution in [0.3, 0.4) is 0 Å². The molecular weight excluding hydrogens is 566 g/mol. The van der Waals surface area contributed by atoms with Crippen LogP contribution < -0.4 is 15.0 Å². The molecule has 0 aliphatic carbocycles. The average Bonchev–Trinajstić information content (AvgIpc) is 3.38. The minimum atomic E-state index is -0.726. The number of anilines is 1. The summed E-state index contributed by atoms with van der Waals surface area (Å²) in [5.41, 5.74) is 3.90. The normalized spacial score (nSPS) is 11.6. The summed E-state index contributed by atoms with van der Waals surface area (Å²) in [5.74, 6) is 1.08. The number of hydrogen-bond donors (Lipinski definition) is 2. The Balaban J connectivity index is 1.11. The second kappa shape index (κ2) is 15.0. The van der Waals surface area contributed by atoms with E-state index in [2.05, 4.69) is 17.2 Å². The smallest absolute Gasteiger partial charge is 0.321 e. The third-order valence-electron chi connectivity index (χ3n) is 7.47. The number of carbonyl (C=O) groups excluding carboxylic acids is 1. The number of rotatable bonds is 14. The van der Waals surface area contributed by atoms with Gasteiger partial charge < -0.3 is 15.0 Å². The van der Waals surface area contributed by atoms with Gasteiger partial charge in [-0.15, -0.1) is 0 Å². The van der Waals surface area contributed by atoms with E-state index >= 15 is 0 Å². The fourth-order valence-electron chi connectivity index (χ4n) is 5.21. The standard InChI is InChI=1S/C34H38F2N4O2S/c1-2-3-4-5-12-21-40(28-19-18-24(35)23-27(28)36)34(41)37-20-11-6-13-22-43-33-38-31-25-14-7-9-16-29(25)42-30-17-10-8-15-26(30)32(31)39-33/h7-10,14-19,23H,2-6,11-13,20-22H2,1H3,(H,37,41)(H,38,39). The van der Waals surface area contributed by atoms with Gasteiger partial charge in [-0.1, -0.05) is 75.1 Å². The summed E-state index contributed by atoms with van der Waals surface area (Å²) in [6.45, 7) is 3.02. The molecule has 0 fully saturated rings. The predicted molar refractivity (Wildman–Crippen MR) is 170 cm³/mol. The maximum atomic E-state index is 14.5. The van der Waals surface area contributed by atoms with Gasteiger partial charge in [-0.25, -0.2) is 18.6 Å². The van der Waals surface area contributed by atoms with Crippen molar-refractivity contribution < 1.29 is 18.3 Å². The first-order chi connectivity index (χ1) is 21.0. The molecular formula is C34H38F2N4O2S. The zero-order chi connectivity index (χ0) is 30.0. The fourth-order valence-corrected chi connectivity index (χ4v) is 6.08. The van der Waals surface area contributed by atoms with Crippen molar-refractivity contribution in [2.45, 2.75) is 63.4 Å². The summed E-state index contributed by atoms with van der Waals surface area (Å²) in [5, 5.41) is 3.79. The highest BCUT2D eigenvalue weighted by Crippen LogP contribution is 2.45. The van der Waals surface area contributed by atoms with Crippen LogP contribution in [0.15, 0.2) is 71.9 Å². The minimum Gasteiger partial charge on any atom is -0.456 e. The zero-order valence-corrected chi connectivity index (χ0v) is 25.3. The fraction of sp³-hybridized carbons (Fsp3) is 0.353. The van der Waals surface area contributed by atoms with Crippen LogP contribution in [0.4, 0.5) is 19.3 Å². The molecule has 3 aromatic carbocycles. The molecule has 43 heavy (non-hydrogen) atoms. The Bertz CT molecular complexity index is 1460. The number of nitrogens with zero attached hydrogens (tertiary/aromatic N) is 2. The van der Waals surface area contributed by atoms with Crippen molar-refractivity contribution in [3.05, 3.63) is 78.4 Å². The van der Waals surface area contributed by atoms with E-state index in [1.54, 1.807) is 11.8 Å². The van der Waals surface area contributed by atoms with Crippen LogP contribution in [0.25, 0.3) is 22.5 Å². The van der Waals surface area contributed by atoms with Crippen molar-refractivity contribution in [2.24, 2.45) is 0 Å². The second-order valence-corrected chi connectivity index (χ2v) is 11.7. The molecule has 2 heterocycles. The van der Waals surface area contributed by atoms with E-state index in [4.69, 9.17) is 9.72 Å². The number of ether oxygens (including phenoxy) is 1. The van der Waals surface area contributed by atoms with E-state index in [1.807, 2.05) is 48.5 Å². The molecule has 1 aliphatic rings. The van der Waals surface area contributed by atoms with Crippen LogP contribution >= 0.6 is 11.8 Å². The Labute approximate surface area is 256 Å². The average molecular weight is 605 g/mol. The quantitative estimate of drug-likeness (QED) is 0.0978. The van der Waals surface area contributed by atoms with Crippen molar-refractivity contribution in [2.75, 3.05) is 23.7 Å². The number of para-hydroxylation sites is 2. The summed E-state index contributed by atoms with van der Waals surface area (Å²) in [4.78, 5) is 22.8. The third-order valence-corrected chi connectivity index (χ3v) is 8.43. The number of carbonyl (C=O) groups is 1. The molecule has 0 bridgehead atoms. The number of aromatic nitrogens is 2. The van der Waals surface area contributed by atoms with Gasteiger partial charge in [0.2, 0.25) is 0 Å². The molecule has 2 amide bonds. The largest absolute Gasteiger partial charge is 0.456 e. The molecule has 1 aliphatic heterocycles. The Hall–Kier alpha value is -3.85. The molecule has 1 aromatic heterocycles. The summed E-state index contributed by atoms with van der Waals surface area (Å²) < 4.78 is 34.2. The van der Waals surface area contributed by atoms with Gasteiger partial charge in [-0.2, -0.15) is 0 Å². The minimum absolute atomic E-state index is 0.111. The third kappa shape index (κ3) is 7.76. The molecule has 0 saturated carbocycles. The first-order valence-corrected chi connectivity index (χ1v) is 16.1. The number of benzene rings is 3. The van der Waals surface area contributed by atoms with Crippen molar-refractivity contribution in [3.63, 3.8) is 0 Å². The summed E-state index contributed by atoms with van der Waals surface area (Å²) in [7, 11) is 0. The number of imidazole rings is 1. The number of thioether (sulfide) groups is 1. The van der Waals surface area contributed by atoms with Crippen molar-refractivity contribution in [3.8, 4) is 34.0 Å². The van der Waals surface area contributed by atoms with Gasteiger partial charge in [0, 0.05) is 36.0 Å². The lowest BCUT2D eigenvalue weighted by atomic mass is 10.1. The first-order valence-electron chi connectivity index (χ1n) is 15.1. The van der Waals surface area contributed by atoms with Crippen molar-refractivity contribution in [1.29, 1.82) is 0 Å². The Morgan fingerprint density at radius 1 is 0.907 bits per heavy atom. The van der Waals surface area contributed by atoms with Crippen LogP contribution in [-0.2, 0) is 0 Å². The molecule has 0 unspecified atom stereocenters. The van der Waals surface area contributed by atoms with Crippen LogP contribution in [0.1, 0.15) is 58.3 Å². The topological polar surface area (TPSA) is 70.2 Å². The lowest BCUT2D eigenvalue weighted by Crippen LogP contribution is -2.41. The number of fused-ring (bicyclic) bond motifs is 5. The molecule has 4 aromatic rings. The number of urea groups is 1. The van der Waals surface area contributed by atoms with E-state index in [0.717, 1.165) is 102 Å². The molecule has 2 N–H and O–H groups in total. The number of hydrogen-bond acceptors (Lipinski definition) is 4. The number of halogens is 2. The highest BCUT2D eigenvalue weighted by atomic mass is 32.2. The molecule has 0 saturated heterocycles. The number of H-pyrrole nitrogens is 1. The highest BCUT2D eigenvalue weighted by molar-refractivity contribution is 7.99. The second-order valence-electron chi connectivity index (χ2n) is 10.7. The molecule has 9 heteroatoms. The number of aromatic amines is 1. The van der Waals surface area contributed by atoms with E-state index in [9.17, 15) is 13.6 Å². The van der Waals surface area contributed by atoms with E-state index in [-0.39, 0.29) is 11.7 Å². The highest BCUT2D eigenvalue weighted by Gasteiger charge is 2.24. The SMILES string of the molecule is CCCCCCCN(C(=O)NCCCCCSc1nc2c([nH]1)-c1ccccc1Oc1ccccc1-2)c1ccc(F)cc1F. The summed E-state index contributed by atoms with van der Waals surface area (Å²) in [6.07, 6.45) is 7.74. The summed E-state index contributed by atoms with van der Waals surface area (Å²) >= 11 is 1.68. The van der Waals surface area contributed by atoms with Gasteiger partial charge >= 0.3 is 6.03 Å². The predicted octanol–water partition coefficient (Wildman–Crippen LogP) is 9.58. The number of unbranched alkanes of at least 4 members (excludes halogenated alkanes) is 6. The Morgan fingerprint density at radius 3 is 2.42 bits per heavy atom. The van der Waals surface area contributed by atoms with Gasteiger partial charge in [-0.3, -0.25) is 4.90 Å². The maximum Gasteiger partial charge on any atom is 0.321 e. The Kier molecular flexibility index (Phi) is 10.7. The van der Waals surface area contributed by atoms with Crippen molar-refractivity contribution in [1.82, 2.24) is 15.3 Å². The molecule has 5 rings (SSSR count). The first kappa shape index (κ1) is 30.6. The monoisotopic (exact) mass is 604 g/mol. The van der Waals surface area contributed by atoms with E-state index in [1.165, 1.54) is 17.0 Å². The lowest BCUT2D eigenvalue weighted by molar-refractivity contribution is 0.245. The van der Waals surface area contributed by atoms with E-state index < -0.39 is 11.6 Å². The molecule has 0 radical (unpaired) electrons. The van der Waals surface area contributed by atoms with Gasteiger partial charge in [0.25, 0.3) is 0 Å². The zero-order valence-electron chi connectivity index (χ0n) is 24.5. The Morgan fingerprint density at radius 2 is 1.63 bits per heavy atom. The van der Waals surface area contributed by atoms with Gasteiger partial charge in [0.15, 0.2) is 5.16 Å². The van der Waals surface area contributed by atoms with Gasteiger partial charge in [0.1, 0.15) is 28.8 Å². The molecule has 226 valence electrons. The summed E-state index contributed by atoms with van der Waals surface area (Å²) in [6, 6.07) is 18.9. The van der Waals surface area contributed by atoms with Crippen LogP contribution in [0.2, 0.25) is 0 Å². The van der Waals surface area contributed by atoms with Gasteiger partial charge in [-0.05, 0) is 55.7 Å². The molecule has 0 atom stereocenters. The van der Waals surface area contributed by atoms with Gasteiger partial charge in [0.05, 0.1) is 11.4 Å². The maximum absolute atomic E-state index is 14.5. The number of nitrogens with one attached hydrogen (secondary N) is 2. The van der Waals surface area contributed by atoms with Crippen LogP contribution in [0, 0.1) is 11.6 Å². The lowest BCUT2D eigenvalue weighted by Gasteiger charge is -2.24.